The minimum atomic E-state index is 0.293. The quantitative estimate of drug-likeness (QED) is 0.686. The highest BCUT2D eigenvalue weighted by molar-refractivity contribution is 5.17. The molecule has 0 aromatic carbocycles. The highest BCUT2D eigenvalue weighted by atomic mass is 16.6. The third kappa shape index (κ3) is 2.53. The van der Waals surface area contributed by atoms with E-state index in [1.54, 1.807) is 7.11 Å². The van der Waals surface area contributed by atoms with Crippen LogP contribution in [-0.4, -0.2) is 17.4 Å². The van der Waals surface area contributed by atoms with Crippen molar-refractivity contribution in [3.8, 4) is 5.88 Å². The van der Waals surface area contributed by atoms with Crippen LogP contribution in [0.1, 0.15) is 39.3 Å². The maximum atomic E-state index is 4.88. The summed E-state index contributed by atoms with van der Waals surface area (Å²) >= 11 is 0. The van der Waals surface area contributed by atoms with Crippen molar-refractivity contribution in [2.75, 3.05) is 7.11 Å². The van der Waals surface area contributed by atoms with E-state index in [-0.39, 0.29) is 0 Å². The molecule has 1 heterocycles. The summed E-state index contributed by atoms with van der Waals surface area (Å²) in [5.74, 6) is 0.774. The smallest absolute Gasteiger partial charge is 0.278 e. The van der Waals surface area contributed by atoms with Gasteiger partial charge in [-0.2, -0.15) is 0 Å². The first-order valence-electron chi connectivity index (χ1n) is 4.12. The molecular weight excluding hydrogens is 156 g/mol. The normalized spacial score (nSPS) is 9.17. The fourth-order valence-corrected chi connectivity index (χ4v) is 0.681. The molecule has 0 N–H and O–H groups in total. The SMILES string of the molecule is CC.COc1nonc1C(C)C. The standard InChI is InChI=1S/C6H10N2O2.C2H6/c1-4(2)5-6(9-3)8-10-7-5;1-2/h4H,1-3H3;1-2H3. The van der Waals surface area contributed by atoms with Gasteiger partial charge in [0.05, 0.1) is 7.11 Å². The lowest BCUT2D eigenvalue weighted by atomic mass is 10.1. The average Bonchev–Trinajstić information content (AvgIpc) is 2.55. The molecule has 0 saturated carbocycles. The highest BCUT2D eigenvalue weighted by Gasteiger charge is 2.12. The van der Waals surface area contributed by atoms with Crippen LogP contribution in [-0.2, 0) is 0 Å². The van der Waals surface area contributed by atoms with Crippen LogP contribution in [0.15, 0.2) is 4.63 Å². The Balaban J connectivity index is 0.000000561. The molecule has 0 fully saturated rings. The van der Waals surface area contributed by atoms with E-state index in [0.29, 0.717) is 11.8 Å². The van der Waals surface area contributed by atoms with Gasteiger partial charge in [-0.15, -0.1) is 0 Å². The topological polar surface area (TPSA) is 48.2 Å². The van der Waals surface area contributed by atoms with Crippen molar-refractivity contribution in [3.05, 3.63) is 5.69 Å². The zero-order valence-electron chi connectivity index (χ0n) is 8.29. The van der Waals surface area contributed by atoms with E-state index in [9.17, 15) is 0 Å². The van der Waals surface area contributed by atoms with Gasteiger partial charge in [0.2, 0.25) is 0 Å². The summed E-state index contributed by atoms with van der Waals surface area (Å²) in [6, 6.07) is 0. The van der Waals surface area contributed by atoms with Crippen LogP contribution in [0, 0.1) is 0 Å². The van der Waals surface area contributed by atoms with E-state index in [4.69, 9.17) is 4.74 Å². The number of rotatable bonds is 2. The summed E-state index contributed by atoms with van der Waals surface area (Å²) in [7, 11) is 1.55. The Hall–Kier alpha value is -1.06. The lowest BCUT2D eigenvalue weighted by Crippen LogP contribution is -1.92. The molecule has 12 heavy (non-hydrogen) atoms. The van der Waals surface area contributed by atoms with Gasteiger partial charge in [0, 0.05) is 5.92 Å². The molecule has 0 atom stereocenters. The molecule has 0 radical (unpaired) electrons. The Kier molecular flexibility index (Phi) is 5.08. The number of hydrogen-bond donors (Lipinski definition) is 0. The molecule has 0 aliphatic carbocycles. The highest BCUT2D eigenvalue weighted by Crippen LogP contribution is 2.20. The third-order valence-electron chi connectivity index (χ3n) is 1.22. The molecule has 4 heteroatoms. The molecule has 0 unspecified atom stereocenters. The lowest BCUT2D eigenvalue weighted by Gasteiger charge is -1.98. The predicted octanol–water partition coefficient (Wildman–Crippen LogP) is 2.23. The van der Waals surface area contributed by atoms with E-state index in [1.807, 2.05) is 27.7 Å². The van der Waals surface area contributed by atoms with Crippen molar-refractivity contribution in [3.63, 3.8) is 0 Å². The molecule has 4 nitrogen and oxygen atoms in total. The fraction of sp³-hybridized carbons (Fsp3) is 0.750. The van der Waals surface area contributed by atoms with E-state index in [2.05, 4.69) is 14.9 Å². The number of methoxy groups -OCH3 is 1. The van der Waals surface area contributed by atoms with Crippen LogP contribution in [0.2, 0.25) is 0 Å². The van der Waals surface area contributed by atoms with Crippen LogP contribution in [0.4, 0.5) is 0 Å². The van der Waals surface area contributed by atoms with E-state index < -0.39 is 0 Å². The van der Waals surface area contributed by atoms with Gasteiger partial charge in [-0.1, -0.05) is 32.9 Å². The molecule has 0 aliphatic rings. The Bertz CT molecular complexity index is 209. The predicted molar refractivity (Wildman–Crippen MR) is 46.3 cm³/mol. The molecule has 70 valence electrons. The van der Waals surface area contributed by atoms with Crippen LogP contribution < -0.4 is 4.74 Å². The zero-order valence-corrected chi connectivity index (χ0v) is 8.29. The first-order chi connectivity index (χ1) is 5.75. The summed E-state index contributed by atoms with van der Waals surface area (Å²) in [5, 5.41) is 7.22. The van der Waals surface area contributed by atoms with Gasteiger partial charge in [-0.25, -0.2) is 4.63 Å². The van der Waals surface area contributed by atoms with Crippen molar-refractivity contribution in [1.29, 1.82) is 0 Å². The third-order valence-corrected chi connectivity index (χ3v) is 1.22. The van der Waals surface area contributed by atoms with Crippen molar-refractivity contribution < 1.29 is 9.37 Å². The first kappa shape index (κ1) is 10.9. The Morgan fingerprint density at radius 2 is 1.83 bits per heavy atom. The van der Waals surface area contributed by atoms with Crippen molar-refractivity contribution in [1.82, 2.24) is 10.3 Å². The second kappa shape index (κ2) is 5.57. The summed E-state index contributed by atoms with van der Waals surface area (Å²) < 4.78 is 9.35. The van der Waals surface area contributed by atoms with Crippen molar-refractivity contribution in [2.45, 2.75) is 33.6 Å². The summed E-state index contributed by atoms with van der Waals surface area (Å²) in [4.78, 5) is 0. The number of ether oxygens (including phenoxy) is 1. The lowest BCUT2D eigenvalue weighted by molar-refractivity contribution is 0.280. The molecule has 1 aromatic rings. The molecule has 0 aliphatic heterocycles. The summed E-state index contributed by atoms with van der Waals surface area (Å²) in [6.07, 6.45) is 0. The molecule has 1 rings (SSSR count). The molecule has 0 spiro atoms. The first-order valence-corrected chi connectivity index (χ1v) is 4.12. The summed E-state index contributed by atoms with van der Waals surface area (Å²) in [5.41, 5.74) is 0.766. The van der Waals surface area contributed by atoms with Gasteiger partial charge in [0.25, 0.3) is 5.88 Å². The van der Waals surface area contributed by atoms with E-state index in [1.165, 1.54) is 0 Å². The second-order valence-corrected chi connectivity index (χ2v) is 2.31. The minimum Gasteiger partial charge on any atom is -0.477 e. The molecule has 0 amide bonds. The van der Waals surface area contributed by atoms with Gasteiger partial charge < -0.3 is 4.74 Å². The second-order valence-electron chi connectivity index (χ2n) is 2.31. The zero-order chi connectivity index (χ0) is 9.56. The molecular formula is C8H16N2O2. The molecule has 0 saturated heterocycles. The number of aromatic nitrogens is 2. The Labute approximate surface area is 72.9 Å². The number of nitrogens with zero attached hydrogens (tertiary/aromatic N) is 2. The molecule has 0 bridgehead atoms. The van der Waals surface area contributed by atoms with Crippen LogP contribution >= 0.6 is 0 Å². The van der Waals surface area contributed by atoms with Gasteiger partial charge in [-0.3, -0.25) is 0 Å². The molecule has 1 aromatic heterocycles. The average molecular weight is 172 g/mol. The van der Waals surface area contributed by atoms with Crippen molar-refractivity contribution >= 4 is 0 Å². The maximum absolute atomic E-state index is 4.88. The van der Waals surface area contributed by atoms with Crippen molar-refractivity contribution in [2.24, 2.45) is 0 Å². The van der Waals surface area contributed by atoms with Gasteiger partial charge in [0.1, 0.15) is 0 Å². The minimum absolute atomic E-state index is 0.293. The van der Waals surface area contributed by atoms with E-state index >= 15 is 0 Å². The largest absolute Gasteiger partial charge is 0.477 e. The monoisotopic (exact) mass is 172 g/mol. The van der Waals surface area contributed by atoms with Crippen LogP contribution in [0.25, 0.3) is 0 Å². The van der Waals surface area contributed by atoms with E-state index in [0.717, 1.165) is 5.69 Å². The Morgan fingerprint density at radius 3 is 2.17 bits per heavy atom. The van der Waals surface area contributed by atoms with Gasteiger partial charge in [0.15, 0.2) is 5.69 Å². The van der Waals surface area contributed by atoms with Crippen LogP contribution in [0.3, 0.4) is 0 Å². The summed E-state index contributed by atoms with van der Waals surface area (Å²) in [6.45, 7) is 8.00. The van der Waals surface area contributed by atoms with Gasteiger partial charge >= 0.3 is 0 Å². The maximum Gasteiger partial charge on any atom is 0.278 e. The Morgan fingerprint density at radius 1 is 1.25 bits per heavy atom. The fourth-order valence-electron chi connectivity index (χ4n) is 0.681. The van der Waals surface area contributed by atoms with Gasteiger partial charge in [-0.05, 0) is 5.16 Å². The van der Waals surface area contributed by atoms with Crippen LogP contribution in [0.5, 0.6) is 5.88 Å². The number of hydrogen-bond acceptors (Lipinski definition) is 4.